The summed E-state index contributed by atoms with van der Waals surface area (Å²) in [5.41, 5.74) is 1.65. The lowest BCUT2D eigenvalue weighted by atomic mass is 9.93. The number of ether oxygens (including phenoxy) is 3. The van der Waals surface area contributed by atoms with Crippen molar-refractivity contribution in [2.24, 2.45) is 5.92 Å². The van der Waals surface area contributed by atoms with Crippen molar-refractivity contribution in [1.29, 1.82) is 0 Å². The third-order valence-electron chi connectivity index (χ3n) is 8.41. The lowest BCUT2D eigenvalue weighted by Gasteiger charge is -2.38. The Kier molecular flexibility index (Phi) is 11.5. The van der Waals surface area contributed by atoms with E-state index in [2.05, 4.69) is 57.2 Å². The molecule has 43 heavy (non-hydrogen) atoms. The Labute approximate surface area is 261 Å². The van der Waals surface area contributed by atoms with Crippen molar-refractivity contribution < 1.29 is 28.9 Å². The third kappa shape index (κ3) is 8.83. The highest BCUT2D eigenvalue weighted by molar-refractivity contribution is 9.10. The molecule has 3 aromatic carbocycles. The van der Waals surface area contributed by atoms with Gasteiger partial charge in [0.15, 0.2) is 12.4 Å². The summed E-state index contributed by atoms with van der Waals surface area (Å²) in [7, 11) is 0. The molecule has 1 saturated carbocycles. The van der Waals surface area contributed by atoms with Crippen molar-refractivity contribution in [2.45, 2.75) is 57.0 Å². The number of esters is 1. The van der Waals surface area contributed by atoms with Crippen LogP contribution in [0.4, 0.5) is 0 Å². The van der Waals surface area contributed by atoms with Gasteiger partial charge < -0.3 is 19.3 Å². The standard InChI is InChI=1S/C35H40BrNO6/c36-29-15-13-27(14-16-29)32(39)24-43-34(40)10-4-2-1-3-9-30-33(22-31(38)35(30)37-17-19-41-20-18-37)42-23-25-11-12-26-7-5-6-8-28(26)21-25/h1-2,5-8,11-16,21,30-31,33,35,38H,3-4,9-10,17-20,22-24H2/b2-1-/t30-,31+,33-,35+/m0/s1. The van der Waals surface area contributed by atoms with E-state index in [9.17, 15) is 14.7 Å². The highest BCUT2D eigenvalue weighted by Crippen LogP contribution is 2.37. The number of Topliss-reactive ketones (excluding diaryl/α,β-unsaturated/α-hetero) is 1. The van der Waals surface area contributed by atoms with E-state index in [1.54, 1.807) is 24.3 Å². The lowest BCUT2D eigenvalue weighted by molar-refractivity contribution is -0.142. The van der Waals surface area contributed by atoms with Gasteiger partial charge in [-0.1, -0.05) is 76.6 Å². The van der Waals surface area contributed by atoms with Gasteiger partial charge in [0.1, 0.15) is 0 Å². The molecule has 1 aliphatic heterocycles. The molecule has 3 aromatic rings. The van der Waals surface area contributed by atoms with Gasteiger partial charge in [-0.15, -0.1) is 0 Å². The van der Waals surface area contributed by atoms with Gasteiger partial charge in [-0.3, -0.25) is 14.5 Å². The number of morpholine rings is 1. The van der Waals surface area contributed by atoms with Gasteiger partial charge >= 0.3 is 5.97 Å². The molecule has 0 amide bonds. The van der Waals surface area contributed by atoms with Gasteiger partial charge in [0, 0.05) is 47.9 Å². The number of nitrogens with zero attached hydrogens (tertiary/aromatic N) is 1. The van der Waals surface area contributed by atoms with Gasteiger partial charge in [0.2, 0.25) is 0 Å². The van der Waals surface area contributed by atoms with Crippen molar-refractivity contribution in [3.05, 3.63) is 94.5 Å². The van der Waals surface area contributed by atoms with Gasteiger partial charge in [-0.2, -0.15) is 0 Å². The maximum absolute atomic E-state index is 12.2. The molecule has 0 spiro atoms. The molecule has 8 heteroatoms. The van der Waals surface area contributed by atoms with Crippen LogP contribution in [0.1, 0.15) is 48.0 Å². The zero-order chi connectivity index (χ0) is 30.0. The predicted octanol–water partition coefficient (Wildman–Crippen LogP) is 6.11. The van der Waals surface area contributed by atoms with Crippen LogP contribution in [0, 0.1) is 5.92 Å². The first-order valence-corrected chi connectivity index (χ1v) is 16.0. The Bertz CT molecular complexity index is 1390. The Morgan fingerprint density at radius 3 is 2.51 bits per heavy atom. The molecular weight excluding hydrogens is 610 g/mol. The van der Waals surface area contributed by atoms with Crippen molar-refractivity contribution in [3.8, 4) is 0 Å². The van der Waals surface area contributed by atoms with E-state index in [1.165, 1.54) is 10.8 Å². The van der Waals surface area contributed by atoms with Crippen molar-refractivity contribution in [2.75, 3.05) is 32.9 Å². The quantitative estimate of drug-likeness (QED) is 0.136. The zero-order valence-corrected chi connectivity index (χ0v) is 26.0. The molecule has 1 saturated heterocycles. The van der Waals surface area contributed by atoms with Crippen LogP contribution in [0.2, 0.25) is 0 Å². The number of hydrogen-bond acceptors (Lipinski definition) is 7. The molecule has 0 unspecified atom stereocenters. The normalized spacial score (nSPS) is 22.7. The second-order valence-corrected chi connectivity index (χ2v) is 12.2. The molecule has 1 heterocycles. The monoisotopic (exact) mass is 649 g/mol. The Balaban J connectivity index is 1.11. The molecule has 1 aliphatic carbocycles. The number of carbonyl (C=O) groups excluding carboxylic acids is 2. The van der Waals surface area contributed by atoms with Gasteiger partial charge in [0.05, 0.1) is 32.0 Å². The SMILES string of the molecule is O=C(CC/C=C\CC[C@@H]1[C@@H](N2CCOCC2)[C@H](O)C[C@@H]1OCc1ccc2ccccc2c1)OCC(=O)c1ccc(Br)cc1. The zero-order valence-electron chi connectivity index (χ0n) is 24.4. The number of fused-ring (bicyclic) bond motifs is 1. The van der Waals surface area contributed by atoms with Gasteiger partial charge in [-0.05, 0) is 53.8 Å². The molecular formula is C35H40BrNO6. The van der Waals surface area contributed by atoms with Crippen LogP contribution in [-0.4, -0.2) is 72.9 Å². The summed E-state index contributed by atoms with van der Waals surface area (Å²) in [5.74, 6) is -0.418. The Hall–Kier alpha value is -2.88. The number of hydrogen-bond donors (Lipinski definition) is 1. The summed E-state index contributed by atoms with van der Waals surface area (Å²) in [4.78, 5) is 26.8. The fourth-order valence-electron chi connectivity index (χ4n) is 6.19. The Morgan fingerprint density at radius 2 is 1.72 bits per heavy atom. The molecule has 4 atom stereocenters. The number of halogens is 1. The van der Waals surface area contributed by atoms with E-state index >= 15 is 0 Å². The van der Waals surface area contributed by atoms with Crippen molar-refractivity contribution >= 4 is 38.5 Å². The first kappa shape index (κ1) is 31.5. The van der Waals surface area contributed by atoms with Crippen LogP contribution in [-0.2, 0) is 25.6 Å². The third-order valence-corrected chi connectivity index (χ3v) is 8.94. The maximum atomic E-state index is 12.2. The number of aliphatic hydroxyl groups is 1. The van der Waals surface area contributed by atoms with Crippen LogP contribution >= 0.6 is 15.9 Å². The molecule has 0 aromatic heterocycles. The molecule has 5 rings (SSSR count). The number of aliphatic hydroxyl groups excluding tert-OH is 1. The fraction of sp³-hybridized carbons (Fsp3) is 0.429. The van der Waals surface area contributed by atoms with Gasteiger partial charge in [0.25, 0.3) is 0 Å². The summed E-state index contributed by atoms with van der Waals surface area (Å²) in [6.07, 6.45) is 6.71. The van der Waals surface area contributed by atoms with Crippen LogP contribution in [0.3, 0.4) is 0 Å². The smallest absolute Gasteiger partial charge is 0.306 e. The van der Waals surface area contributed by atoms with Crippen LogP contribution in [0.25, 0.3) is 10.8 Å². The lowest BCUT2D eigenvalue weighted by Crippen LogP contribution is -2.50. The maximum Gasteiger partial charge on any atom is 0.306 e. The molecule has 1 N–H and O–H groups in total. The number of ketones is 1. The molecule has 7 nitrogen and oxygen atoms in total. The minimum atomic E-state index is -0.441. The first-order chi connectivity index (χ1) is 21.0. The predicted molar refractivity (Wildman–Crippen MR) is 170 cm³/mol. The molecule has 2 aliphatic rings. The second-order valence-electron chi connectivity index (χ2n) is 11.3. The molecule has 0 radical (unpaired) electrons. The van der Waals surface area contributed by atoms with E-state index in [-0.39, 0.29) is 42.8 Å². The summed E-state index contributed by atoms with van der Waals surface area (Å²) in [5, 5.41) is 13.5. The summed E-state index contributed by atoms with van der Waals surface area (Å²) < 4.78 is 18.1. The number of benzene rings is 3. The fourth-order valence-corrected chi connectivity index (χ4v) is 6.45. The van der Waals surface area contributed by atoms with Crippen LogP contribution in [0.15, 0.2) is 83.4 Å². The average molecular weight is 651 g/mol. The van der Waals surface area contributed by atoms with Crippen molar-refractivity contribution in [1.82, 2.24) is 4.90 Å². The molecule has 228 valence electrons. The minimum absolute atomic E-state index is 0.0390. The van der Waals surface area contributed by atoms with E-state index in [0.717, 1.165) is 36.0 Å². The highest BCUT2D eigenvalue weighted by Gasteiger charge is 2.45. The van der Waals surface area contributed by atoms with Gasteiger partial charge in [-0.25, -0.2) is 0 Å². The summed E-state index contributed by atoms with van der Waals surface area (Å²) >= 11 is 3.34. The van der Waals surface area contributed by atoms with E-state index in [1.807, 2.05) is 18.2 Å². The first-order valence-electron chi connectivity index (χ1n) is 15.2. The average Bonchev–Trinajstić information content (AvgIpc) is 3.35. The number of allylic oxidation sites excluding steroid dienone is 2. The second kappa shape index (κ2) is 15.7. The molecule has 0 bridgehead atoms. The van der Waals surface area contributed by atoms with Crippen LogP contribution < -0.4 is 0 Å². The minimum Gasteiger partial charge on any atom is -0.457 e. The summed E-state index contributed by atoms with van der Waals surface area (Å²) in [6, 6.07) is 21.8. The Morgan fingerprint density at radius 1 is 0.977 bits per heavy atom. The van der Waals surface area contributed by atoms with Crippen LogP contribution in [0.5, 0.6) is 0 Å². The van der Waals surface area contributed by atoms with Crippen molar-refractivity contribution in [3.63, 3.8) is 0 Å². The largest absolute Gasteiger partial charge is 0.457 e. The highest BCUT2D eigenvalue weighted by atomic mass is 79.9. The van der Waals surface area contributed by atoms with E-state index in [0.29, 0.717) is 38.2 Å². The summed E-state index contributed by atoms with van der Waals surface area (Å²) in [6.45, 7) is 3.26. The van der Waals surface area contributed by atoms with E-state index < -0.39 is 6.10 Å². The molecule has 2 fully saturated rings. The topological polar surface area (TPSA) is 85.3 Å². The van der Waals surface area contributed by atoms with E-state index in [4.69, 9.17) is 14.2 Å². The number of rotatable bonds is 13. The number of carbonyl (C=O) groups is 2.